The Morgan fingerprint density at radius 3 is 2.24 bits per heavy atom. The molecule has 3 heteroatoms. The van der Waals surface area contributed by atoms with Crippen LogP contribution >= 0.6 is 0 Å². The highest BCUT2D eigenvalue weighted by Crippen LogP contribution is 2.32. The van der Waals surface area contributed by atoms with Crippen molar-refractivity contribution in [2.24, 2.45) is 11.7 Å². The Labute approximate surface area is 105 Å². The Kier molecular flexibility index (Phi) is 3.76. The fraction of sp³-hybridized carbons (Fsp3) is 0.929. The number of rotatable bonds is 4. The Balaban J connectivity index is 1.95. The molecule has 0 radical (unpaired) electrons. The third kappa shape index (κ3) is 3.44. The van der Waals surface area contributed by atoms with Gasteiger partial charge in [0, 0.05) is 12.6 Å². The second-order valence-corrected chi connectivity index (χ2v) is 6.41. The first-order chi connectivity index (χ1) is 7.98. The molecule has 0 unspecified atom stereocenters. The zero-order valence-electron chi connectivity index (χ0n) is 11.2. The van der Waals surface area contributed by atoms with Crippen LogP contribution in [-0.2, 0) is 4.79 Å². The van der Waals surface area contributed by atoms with Crippen LogP contribution in [-0.4, -0.2) is 28.9 Å². The highest BCUT2D eigenvalue weighted by atomic mass is 16.2. The summed E-state index contributed by atoms with van der Waals surface area (Å²) in [4.78, 5) is 14.4. The number of hydrogen-bond donors (Lipinski definition) is 1. The van der Waals surface area contributed by atoms with Gasteiger partial charge in [-0.25, -0.2) is 0 Å². The third-order valence-electron chi connectivity index (χ3n) is 3.98. The van der Waals surface area contributed by atoms with E-state index in [1.807, 2.05) is 13.8 Å². The minimum Gasteiger partial charge on any atom is -0.338 e. The zero-order valence-corrected chi connectivity index (χ0v) is 11.2. The molecule has 3 nitrogen and oxygen atoms in total. The van der Waals surface area contributed by atoms with E-state index in [1.54, 1.807) is 0 Å². The van der Waals surface area contributed by atoms with Crippen LogP contribution in [0.3, 0.4) is 0 Å². The topological polar surface area (TPSA) is 46.3 Å². The molecule has 0 heterocycles. The molecule has 0 aromatic rings. The van der Waals surface area contributed by atoms with E-state index < -0.39 is 5.54 Å². The first-order valence-corrected chi connectivity index (χ1v) is 7.08. The molecule has 0 saturated heterocycles. The molecule has 0 bridgehead atoms. The summed E-state index contributed by atoms with van der Waals surface area (Å²) in [6.45, 7) is 4.60. The van der Waals surface area contributed by atoms with Gasteiger partial charge in [-0.15, -0.1) is 0 Å². The smallest absolute Gasteiger partial charge is 0.242 e. The molecule has 2 aliphatic rings. The van der Waals surface area contributed by atoms with Crippen molar-refractivity contribution < 1.29 is 4.79 Å². The summed E-state index contributed by atoms with van der Waals surface area (Å²) >= 11 is 0. The van der Waals surface area contributed by atoms with Gasteiger partial charge in [0.05, 0.1) is 5.54 Å². The van der Waals surface area contributed by atoms with Crippen LogP contribution < -0.4 is 5.73 Å². The van der Waals surface area contributed by atoms with Gasteiger partial charge < -0.3 is 10.6 Å². The lowest BCUT2D eigenvalue weighted by Gasteiger charge is -2.33. The van der Waals surface area contributed by atoms with Gasteiger partial charge in [-0.05, 0) is 45.4 Å². The maximum absolute atomic E-state index is 12.3. The zero-order chi connectivity index (χ0) is 12.5. The molecule has 0 spiro atoms. The summed E-state index contributed by atoms with van der Waals surface area (Å²) in [6, 6.07) is 0.493. The van der Waals surface area contributed by atoms with E-state index in [2.05, 4.69) is 4.90 Å². The fourth-order valence-electron chi connectivity index (χ4n) is 2.80. The van der Waals surface area contributed by atoms with Gasteiger partial charge in [-0.3, -0.25) is 4.79 Å². The normalized spacial score (nSPS) is 22.5. The highest BCUT2D eigenvalue weighted by molar-refractivity contribution is 5.85. The largest absolute Gasteiger partial charge is 0.338 e. The second kappa shape index (κ2) is 4.97. The van der Waals surface area contributed by atoms with Gasteiger partial charge in [-0.1, -0.05) is 19.3 Å². The SMILES string of the molecule is CC(C)(N)C(=O)N(CC1CCCCC1)C1CC1. The molecule has 2 fully saturated rings. The van der Waals surface area contributed by atoms with Crippen LogP contribution in [0.5, 0.6) is 0 Å². The monoisotopic (exact) mass is 238 g/mol. The number of hydrogen-bond acceptors (Lipinski definition) is 2. The lowest BCUT2D eigenvalue weighted by molar-refractivity contribution is -0.137. The van der Waals surface area contributed by atoms with Crippen molar-refractivity contribution in [2.45, 2.75) is 70.4 Å². The van der Waals surface area contributed by atoms with Crippen LogP contribution in [0.1, 0.15) is 58.8 Å². The van der Waals surface area contributed by atoms with Crippen LogP contribution in [0, 0.1) is 5.92 Å². The molecule has 98 valence electrons. The number of nitrogens with zero attached hydrogens (tertiary/aromatic N) is 1. The van der Waals surface area contributed by atoms with Gasteiger partial charge in [0.1, 0.15) is 0 Å². The number of amides is 1. The number of carbonyl (C=O) groups is 1. The van der Waals surface area contributed by atoms with Crippen molar-refractivity contribution in [1.29, 1.82) is 0 Å². The first kappa shape index (κ1) is 12.9. The molecule has 0 aromatic carbocycles. The van der Waals surface area contributed by atoms with Gasteiger partial charge in [0.2, 0.25) is 5.91 Å². The van der Waals surface area contributed by atoms with E-state index >= 15 is 0 Å². The minimum atomic E-state index is -0.711. The second-order valence-electron chi connectivity index (χ2n) is 6.41. The molecule has 2 N–H and O–H groups in total. The summed E-state index contributed by atoms with van der Waals surface area (Å²) in [5.74, 6) is 0.862. The maximum Gasteiger partial charge on any atom is 0.242 e. The standard InChI is InChI=1S/C14H26N2O/c1-14(2,15)13(17)16(12-8-9-12)10-11-6-4-3-5-7-11/h11-12H,3-10,15H2,1-2H3. The van der Waals surface area contributed by atoms with E-state index in [-0.39, 0.29) is 5.91 Å². The quantitative estimate of drug-likeness (QED) is 0.817. The maximum atomic E-state index is 12.3. The lowest BCUT2D eigenvalue weighted by Crippen LogP contribution is -2.53. The Morgan fingerprint density at radius 1 is 1.18 bits per heavy atom. The Bertz CT molecular complexity index is 272. The average molecular weight is 238 g/mol. The van der Waals surface area contributed by atoms with Crippen molar-refractivity contribution in [2.75, 3.05) is 6.54 Å². The van der Waals surface area contributed by atoms with Gasteiger partial charge >= 0.3 is 0 Å². The van der Waals surface area contributed by atoms with Gasteiger partial charge in [0.25, 0.3) is 0 Å². The van der Waals surface area contributed by atoms with Crippen molar-refractivity contribution >= 4 is 5.91 Å². The molecule has 0 aromatic heterocycles. The molecule has 0 aliphatic heterocycles. The van der Waals surface area contributed by atoms with Crippen molar-refractivity contribution in [3.05, 3.63) is 0 Å². The average Bonchev–Trinajstić information content (AvgIpc) is 3.09. The molecule has 17 heavy (non-hydrogen) atoms. The first-order valence-electron chi connectivity index (χ1n) is 7.08. The predicted octanol–water partition coefficient (Wildman–Crippen LogP) is 2.29. The molecular formula is C14H26N2O. The van der Waals surface area contributed by atoms with E-state index in [0.717, 1.165) is 12.5 Å². The Hall–Kier alpha value is -0.570. The van der Waals surface area contributed by atoms with Crippen LogP contribution in [0.4, 0.5) is 0 Å². The van der Waals surface area contributed by atoms with Crippen molar-refractivity contribution in [3.63, 3.8) is 0 Å². The molecule has 0 atom stereocenters. The molecular weight excluding hydrogens is 212 g/mol. The molecule has 2 rings (SSSR count). The van der Waals surface area contributed by atoms with Crippen molar-refractivity contribution in [3.8, 4) is 0 Å². The van der Waals surface area contributed by atoms with E-state index in [4.69, 9.17) is 5.73 Å². The molecule has 1 amide bonds. The molecule has 2 saturated carbocycles. The van der Waals surface area contributed by atoms with Crippen molar-refractivity contribution in [1.82, 2.24) is 4.90 Å². The van der Waals surface area contributed by atoms with E-state index in [9.17, 15) is 4.79 Å². The number of nitrogens with two attached hydrogens (primary N) is 1. The summed E-state index contributed by atoms with van der Waals surface area (Å²) in [6.07, 6.45) is 8.98. The summed E-state index contributed by atoms with van der Waals surface area (Å²) < 4.78 is 0. The summed E-state index contributed by atoms with van der Waals surface area (Å²) in [7, 11) is 0. The number of carbonyl (C=O) groups excluding carboxylic acids is 1. The third-order valence-corrected chi connectivity index (χ3v) is 3.98. The Morgan fingerprint density at radius 2 is 1.76 bits per heavy atom. The summed E-state index contributed by atoms with van der Waals surface area (Å²) in [5.41, 5.74) is 5.25. The van der Waals surface area contributed by atoms with Crippen LogP contribution in [0.2, 0.25) is 0 Å². The lowest BCUT2D eigenvalue weighted by atomic mass is 9.88. The summed E-state index contributed by atoms with van der Waals surface area (Å²) in [5, 5.41) is 0. The van der Waals surface area contributed by atoms with E-state index in [1.165, 1.54) is 44.9 Å². The van der Waals surface area contributed by atoms with E-state index in [0.29, 0.717) is 6.04 Å². The van der Waals surface area contributed by atoms with Gasteiger partial charge in [-0.2, -0.15) is 0 Å². The van der Waals surface area contributed by atoms with Gasteiger partial charge in [0.15, 0.2) is 0 Å². The van der Waals surface area contributed by atoms with Crippen LogP contribution in [0.25, 0.3) is 0 Å². The van der Waals surface area contributed by atoms with Crippen LogP contribution in [0.15, 0.2) is 0 Å². The highest BCUT2D eigenvalue weighted by Gasteiger charge is 2.38. The minimum absolute atomic E-state index is 0.144. The predicted molar refractivity (Wildman–Crippen MR) is 69.6 cm³/mol. The fourth-order valence-corrected chi connectivity index (χ4v) is 2.80. The molecule has 2 aliphatic carbocycles.